The minimum atomic E-state index is -0.388. The van der Waals surface area contributed by atoms with Crippen LogP contribution >= 0.6 is 11.3 Å². The van der Waals surface area contributed by atoms with E-state index in [1.54, 1.807) is 5.38 Å². The van der Waals surface area contributed by atoms with Crippen LogP contribution in [0.15, 0.2) is 36.0 Å². The van der Waals surface area contributed by atoms with Gasteiger partial charge in [-0.2, -0.15) is 10.1 Å². The van der Waals surface area contributed by atoms with Gasteiger partial charge in [-0.05, 0) is 24.3 Å². The molecule has 0 spiro atoms. The Balaban J connectivity index is 1.58. The quantitative estimate of drug-likeness (QED) is 0.752. The first kappa shape index (κ1) is 14.1. The number of H-pyrrole nitrogens is 1. The number of aromatic nitrogens is 4. The van der Waals surface area contributed by atoms with E-state index in [0.717, 1.165) is 0 Å². The molecule has 0 atom stereocenters. The Bertz CT molecular complexity index is 757. The molecule has 7 nitrogen and oxygen atoms in total. The summed E-state index contributed by atoms with van der Waals surface area (Å²) in [4.78, 5) is 19.9. The Hall–Kier alpha value is -2.81. The summed E-state index contributed by atoms with van der Waals surface area (Å²) in [5.41, 5.74) is 0.263. The number of nitrogens with zero attached hydrogens (tertiary/aromatic N) is 3. The predicted octanol–water partition coefficient (Wildman–Crippen LogP) is 2.23. The average Bonchev–Trinajstić information content (AvgIpc) is 3.18. The van der Waals surface area contributed by atoms with Crippen LogP contribution in [0.5, 0.6) is 5.75 Å². The molecule has 2 heterocycles. The summed E-state index contributed by atoms with van der Waals surface area (Å²) in [7, 11) is 0. The average molecular weight is 319 g/mol. The van der Waals surface area contributed by atoms with Crippen LogP contribution in [0.25, 0.3) is 0 Å². The second-order valence-corrected chi connectivity index (χ2v) is 5.10. The van der Waals surface area contributed by atoms with E-state index >= 15 is 0 Å². The van der Waals surface area contributed by atoms with Crippen molar-refractivity contribution in [1.29, 1.82) is 0 Å². The van der Waals surface area contributed by atoms with Gasteiger partial charge in [0.05, 0.1) is 0 Å². The van der Waals surface area contributed by atoms with E-state index in [2.05, 4.69) is 25.5 Å². The number of thiazole rings is 1. The second kappa shape index (κ2) is 6.31. The highest BCUT2D eigenvalue weighted by Gasteiger charge is 2.12. The lowest BCUT2D eigenvalue weighted by Crippen LogP contribution is -2.13. The van der Waals surface area contributed by atoms with Crippen molar-refractivity contribution in [3.63, 3.8) is 0 Å². The highest BCUT2D eigenvalue weighted by Crippen LogP contribution is 2.16. The van der Waals surface area contributed by atoms with Gasteiger partial charge in [0.1, 0.15) is 35.2 Å². The van der Waals surface area contributed by atoms with Crippen LogP contribution in [0.4, 0.5) is 10.3 Å². The van der Waals surface area contributed by atoms with Crippen LogP contribution in [0.3, 0.4) is 0 Å². The van der Waals surface area contributed by atoms with Crippen molar-refractivity contribution in [2.75, 3.05) is 5.32 Å². The van der Waals surface area contributed by atoms with Crippen molar-refractivity contribution >= 4 is 23.2 Å². The number of hydrogen-bond acceptors (Lipinski definition) is 6. The molecule has 0 radical (unpaired) electrons. The van der Waals surface area contributed by atoms with E-state index in [4.69, 9.17) is 4.74 Å². The molecule has 3 aromatic rings. The number of ether oxygens (including phenoxy) is 1. The number of amides is 1. The van der Waals surface area contributed by atoms with Crippen LogP contribution in [0, 0.1) is 5.82 Å². The second-order valence-electron chi connectivity index (χ2n) is 4.16. The van der Waals surface area contributed by atoms with Crippen molar-refractivity contribution in [3.8, 4) is 5.75 Å². The Morgan fingerprint density at radius 2 is 2.18 bits per heavy atom. The van der Waals surface area contributed by atoms with Gasteiger partial charge in [-0.1, -0.05) is 0 Å². The van der Waals surface area contributed by atoms with Gasteiger partial charge in [0.2, 0.25) is 5.95 Å². The Kier molecular flexibility index (Phi) is 4.05. The molecule has 9 heteroatoms. The number of aromatic amines is 1. The number of carbonyl (C=O) groups is 1. The van der Waals surface area contributed by atoms with Crippen LogP contribution in [0.2, 0.25) is 0 Å². The minimum absolute atomic E-state index is 0.200. The Morgan fingerprint density at radius 3 is 2.91 bits per heavy atom. The number of rotatable bonds is 5. The first-order valence-electron chi connectivity index (χ1n) is 6.20. The fourth-order valence-corrected chi connectivity index (χ4v) is 2.28. The molecule has 3 rings (SSSR count). The predicted molar refractivity (Wildman–Crippen MR) is 77.2 cm³/mol. The summed E-state index contributed by atoms with van der Waals surface area (Å²) in [5.74, 6) is 0.0698. The van der Waals surface area contributed by atoms with Crippen LogP contribution in [-0.4, -0.2) is 26.1 Å². The van der Waals surface area contributed by atoms with E-state index in [0.29, 0.717) is 10.8 Å². The zero-order chi connectivity index (χ0) is 15.4. The van der Waals surface area contributed by atoms with Gasteiger partial charge in [0.15, 0.2) is 0 Å². The Morgan fingerprint density at radius 1 is 1.36 bits per heavy atom. The van der Waals surface area contributed by atoms with Crippen molar-refractivity contribution in [1.82, 2.24) is 20.2 Å². The van der Waals surface area contributed by atoms with Crippen molar-refractivity contribution in [3.05, 3.63) is 52.5 Å². The molecular weight excluding hydrogens is 309 g/mol. The maximum Gasteiger partial charge on any atom is 0.277 e. The molecule has 112 valence electrons. The molecule has 22 heavy (non-hydrogen) atoms. The van der Waals surface area contributed by atoms with Gasteiger partial charge in [0, 0.05) is 5.38 Å². The van der Waals surface area contributed by atoms with Crippen molar-refractivity contribution < 1.29 is 13.9 Å². The first-order valence-corrected chi connectivity index (χ1v) is 7.08. The zero-order valence-electron chi connectivity index (χ0n) is 11.1. The van der Waals surface area contributed by atoms with Gasteiger partial charge >= 0.3 is 0 Å². The molecule has 0 aliphatic carbocycles. The summed E-state index contributed by atoms with van der Waals surface area (Å²) in [6.07, 6.45) is 1.29. The van der Waals surface area contributed by atoms with Gasteiger partial charge in [0.25, 0.3) is 5.91 Å². The minimum Gasteiger partial charge on any atom is -0.486 e. The van der Waals surface area contributed by atoms with E-state index in [-0.39, 0.29) is 30.0 Å². The largest absolute Gasteiger partial charge is 0.486 e. The number of halogens is 1. The lowest BCUT2D eigenvalue weighted by Gasteiger charge is -2.03. The summed E-state index contributed by atoms with van der Waals surface area (Å²) < 4.78 is 18.2. The summed E-state index contributed by atoms with van der Waals surface area (Å²) in [5, 5.41) is 10.9. The fraction of sp³-hybridized carbons (Fsp3) is 0.0769. The molecule has 0 unspecified atom stereocenters. The van der Waals surface area contributed by atoms with E-state index in [1.165, 1.54) is 41.9 Å². The zero-order valence-corrected chi connectivity index (χ0v) is 11.9. The fourth-order valence-electron chi connectivity index (χ4n) is 1.59. The Labute approximate surface area is 128 Å². The number of hydrogen-bond donors (Lipinski definition) is 2. The number of carbonyl (C=O) groups excluding carboxylic acids is 1. The van der Waals surface area contributed by atoms with Gasteiger partial charge in [-0.25, -0.2) is 14.5 Å². The molecule has 0 saturated heterocycles. The normalized spacial score (nSPS) is 10.4. The smallest absolute Gasteiger partial charge is 0.277 e. The molecule has 0 aliphatic heterocycles. The van der Waals surface area contributed by atoms with Gasteiger partial charge < -0.3 is 4.74 Å². The molecule has 0 saturated carbocycles. The highest BCUT2D eigenvalue weighted by molar-refractivity contribution is 7.09. The third kappa shape index (κ3) is 3.44. The third-order valence-corrected chi connectivity index (χ3v) is 3.43. The summed E-state index contributed by atoms with van der Waals surface area (Å²) in [6.45, 7) is 0.200. The van der Waals surface area contributed by atoms with Crippen LogP contribution in [-0.2, 0) is 6.61 Å². The molecule has 2 aromatic heterocycles. The molecule has 0 fully saturated rings. The van der Waals surface area contributed by atoms with Crippen LogP contribution in [0.1, 0.15) is 15.5 Å². The van der Waals surface area contributed by atoms with E-state index in [9.17, 15) is 9.18 Å². The summed E-state index contributed by atoms with van der Waals surface area (Å²) in [6, 6.07) is 5.68. The maximum absolute atomic E-state index is 12.8. The standard InChI is InChI=1S/C13H10FN5O2S/c14-8-1-3-9(4-2-8)21-5-11-17-10(6-22-11)12(20)18-13-15-7-16-19-13/h1-4,6-7H,5H2,(H2,15,16,18,19,20). The third-order valence-electron chi connectivity index (χ3n) is 2.61. The monoisotopic (exact) mass is 319 g/mol. The number of anilines is 1. The lowest BCUT2D eigenvalue weighted by atomic mass is 10.3. The highest BCUT2D eigenvalue weighted by atomic mass is 32.1. The molecule has 1 amide bonds. The van der Waals surface area contributed by atoms with Crippen molar-refractivity contribution in [2.45, 2.75) is 6.61 Å². The molecule has 0 aliphatic rings. The molecule has 2 N–H and O–H groups in total. The maximum atomic E-state index is 12.8. The number of nitrogens with one attached hydrogen (secondary N) is 2. The lowest BCUT2D eigenvalue weighted by molar-refractivity contribution is 0.102. The van der Waals surface area contributed by atoms with E-state index < -0.39 is 0 Å². The molecule has 1 aromatic carbocycles. The van der Waals surface area contributed by atoms with Crippen molar-refractivity contribution in [2.24, 2.45) is 0 Å². The van der Waals surface area contributed by atoms with Gasteiger partial charge in [-0.3, -0.25) is 10.1 Å². The van der Waals surface area contributed by atoms with E-state index in [1.807, 2.05) is 0 Å². The first-order chi connectivity index (χ1) is 10.7. The SMILES string of the molecule is O=C(Nc1ncn[nH]1)c1csc(COc2ccc(F)cc2)n1. The molecular formula is C13H10FN5O2S. The topological polar surface area (TPSA) is 92.8 Å². The van der Waals surface area contributed by atoms with Gasteiger partial charge in [-0.15, -0.1) is 11.3 Å². The number of benzene rings is 1. The van der Waals surface area contributed by atoms with Crippen LogP contribution < -0.4 is 10.1 Å². The molecule has 0 bridgehead atoms. The summed E-state index contributed by atoms with van der Waals surface area (Å²) >= 11 is 1.30.